The van der Waals surface area contributed by atoms with E-state index in [2.05, 4.69) is 21.2 Å². The zero-order valence-corrected chi connectivity index (χ0v) is 17.7. The molecule has 2 aromatic rings. The average molecular weight is 459 g/mol. The Balaban J connectivity index is 2.08. The van der Waals surface area contributed by atoms with E-state index in [0.717, 1.165) is 10.5 Å². The van der Waals surface area contributed by atoms with Crippen LogP contribution >= 0.6 is 15.9 Å². The van der Waals surface area contributed by atoms with Crippen LogP contribution in [0.2, 0.25) is 0 Å². The summed E-state index contributed by atoms with van der Waals surface area (Å²) in [6.07, 6.45) is 2.04. The van der Waals surface area contributed by atoms with Gasteiger partial charge in [-0.1, -0.05) is 25.1 Å². The van der Waals surface area contributed by atoms with E-state index in [0.29, 0.717) is 33.6 Å². The number of methoxy groups -OCH3 is 2. The Morgan fingerprint density at radius 2 is 1.83 bits per heavy atom. The zero-order chi connectivity index (χ0) is 21.1. The number of para-hydroxylation sites is 1. The van der Waals surface area contributed by atoms with E-state index >= 15 is 0 Å². The first-order chi connectivity index (χ1) is 13.9. The van der Waals surface area contributed by atoms with Gasteiger partial charge in [0.25, 0.3) is 11.8 Å². The number of urea groups is 1. The van der Waals surface area contributed by atoms with Gasteiger partial charge in [0.2, 0.25) is 0 Å². The second-order valence-corrected chi connectivity index (χ2v) is 7.03. The first kappa shape index (κ1) is 20.6. The maximum absolute atomic E-state index is 13.1. The van der Waals surface area contributed by atoms with Crippen LogP contribution in [0.3, 0.4) is 0 Å². The van der Waals surface area contributed by atoms with Crippen molar-refractivity contribution in [3.8, 4) is 11.5 Å². The first-order valence-corrected chi connectivity index (χ1v) is 9.61. The summed E-state index contributed by atoms with van der Waals surface area (Å²) in [5.41, 5.74) is 1.64. The van der Waals surface area contributed by atoms with Crippen molar-refractivity contribution in [2.75, 3.05) is 19.1 Å². The molecular formula is C21H19BrN2O5. The van der Waals surface area contributed by atoms with Gasteiger partial charge in [-0.15, -0.1) is 0 Å². The molecule has 1 heterocycles. The lowest BCUT2D eigenvalue weighted by Crippen LogP contribution is -2.54. The van der Waals surface area contributed by atoms with Gasteiger partial charge in [-0.2, -0.15) is 0 Å². The van der Waals surface area contributed by atoms with E-state index in [1.165, 1.54) is 20.3 Å². The fourth-order valence-corrected chi connectivity index (χ4v) is 3.71. The molecule has 1 fully saturated rings. The van der Waals surface area contributed by atoms with Crippen molar-refractivity contribution in [1.82, 2.24) is 5.32 Å². The summed E-state index contributed by atoms with van der Waals surface area (Å²) in [5.74, 6) is -0.522. The van der Waals surface area contributed by atoms with E-state index in [4.69, 9.17) is 9.47 Å². The van der Waals surface area contributed by atoms with Crippen molar-refractivity contribution >= 4 is 45.5 Å². The fraction of sp³-hybridized carbons (Fsp3) is 0.190. The van der Waals surface area contributed by atoms with Gasteiger partial charge in [0.15, 0.2) is 11.5 Å². The number of nitrogens with one attached hydrogen (secondary N) is 1. The number of nitrogens with zero attached hydrogens (tertiary/aromatic N) is 1. The van der Waals surface area contributed by atoms with Crippen LogP contribution in [0.5, 0.6) is 11.5 Å². The zero-order valence-electron chi connectivity index (χ0n) is 16.1. The van der Waals surface area contributed by atoms with Crippen LogP contribution in [0.1, 0.15) is 18.1 Å². The van der Waals surface area contributed by atoms with Crippen LogP contribution in [0, 0.1) is 0 Å². The number of carbonyl (C=O) groups excluding carboxylic acids is 3. The minimum absolute atomic E-state index is 0.158. The Hall–Kier alpha value is -3.13. The number of ether oxygens (including phenoxy) is 2. The first-order valence-electron chi connectivity index (χ1n) is 8.82. The molecule has 0 spiro atoms. The van der Waals surface area contributed by atoms with Crippen LogP contribution in [-0.2, 0) is 16.0 Å². The van der Waals surface area contributed by atoms with Gasteiger partial charge in [0.05, 0.1) is 24.4 Å². The van der Waals surface area contributed by atoms with Crippen molar-refractivity contribution in [2.24, 2.45) is 0 Å². The molecule has 2 aromatic carbocycles. The summed E-state index contributed by atoms with van der Waals surface area (Å²) in [7, 11) is 3.00. The Labute approximate surface area is 176 Å². The number of anilines is 1. The number of halogens is 1. The van der Waals surface area contributed by atoms with Crippen LogP contribution in [0.25, 0.3) is 6.08 Å². The van der Waals surface area contributed by atoms with Gasteiger partial charge >= 0.3 is 6.03 Å². The third-order valence-electron chi connectivity index (χ3n) is 4.48. The topological polar surface area (TPSA) is 84.9 Å². The number of rotatable bonds is 5. The molecule has 0 aromatic heterocycles. The molecule has 0 radical (unpaired) electrons. The molecule has 150 valence electrons. The molecule has 7 nitrogen and oxygen atoms in total. The van der Waals surface area contributed by atoms with E-state index in [1.807, 2.05) is 19.1 Å². The normalized spacial score (nSPS) is 15.5. The van der Waals surface area contributed by atoms with Crippen LogP contribution in [0.4, 0.5) is 10.5 Å². The lowest BCUT2D eigenvalue weighted by atomic mass is 10.0. The lowest BCUT2D eigenvalue weighted by Gasteiger charge is -2.28. The number of amides is 4. The SMILES string of the molecule is CCc1ccccc1N1C(=O)NC(=O)/C(=C/c2cc(Br)c(OC)c(OC)c2)C1=O. The maximum Gasteiger partial charge on any atom is 0.335 e. The van der Waals surface area contributed by atoms with Gasteiger partial charge in [-0.3, -0.25) is 14.9 Å². The largest absolute Gasteiger partial charge is 0.493 e. The lowest BCUT2D eigenvalue weighted by molar-refractivity contribution is -0.122. The summed E-state index contributed by atoms with van der Waals surface area (Å²) in [4.78, 5) is 38.9. The van der Waals surface area contributed by atoms with Gasteiger partial charge in [0.1, 0.15) is 5.57 Å². The number of hydrogen-bond donors (Lipinski definition) is 1. The summed E-state index contributed by atoms with van der Waals surface area (Å²) in [6, 6.07) is 9.63. The number of imide groups is 2. The molecule has 29 heavy (non-hydrogen) atoms. The summed E-state index contributed by atoms with van der Waals surface area (Å²) >= 11 is 3.39. The van der Waals surface area contributed by atoms with Crippen molar-refractivity contribution in [2.45, 2.75) is 13.3 Å². The molecule has 0 saturated carbocycles. The highest BCUT2D eigenvalue weighted by Crippen LogP contribution is 2.37. The predicted molar refractivity (Wildman–Crippen MR) is 112 cm³/mol. The monoisotopic (exact) mass is 458 g/mol. The molecule has 8 heteroatoms. The standard InChI is InChI=1S/C21H19BrN2O5/c1-4-13-7-5-6-8-16(13)24-20(26)14(19(25)23-21(24)27)9-12-10-15(22)18(29-3)17(11-12)28-2/h5-11H,4H2,1-3H3,(H,23,25,27)/b14-9-. The highest BCUT2D eigenvalue weighted by molar-refractivity contribution is 9.10. The summed E-state index contributed by atoms with van der Waals surface area (Å²) in [5, 5.41) is 2.24. The third kappa shape index (κ3) is 3.88. The quantitative estimate of drug-likeness (QED) is 0.545. The Morgan fingerprint density at radius 1 is 1.10 bits per heavy atom. The molecule has 0 aliphatic carbocycles. The maximum atomic E-state index is 13.1. The molecule has 0 bridgehead atoms. The molecule has 3 rings (SSSR count). The van der Waals surface area contributed by atoms with Crippen molar-refractivity contribution < 1.29 is 23.9 Å². The van der Waals surface area contributed by atoms with Crippen LogP contribution in [-0.4, -0.2) is 32.1 Å². The molecule has 1 saturated heterocycles. The number of benzene rings is 2. The number of barbiturate groups is 1. The minimum Gasteiger partial charge on any atom is -0.493 e. The highest BCUT2D eigenvalue weighted by Gasteiger charge is 2.37. The molecule has 1 aliphatic rings. The average Bonchev–Trinajstić information content (AvgIpc) is 2.70. The smallest absolute Gasteiger partial charge is 0.335 e. The predicted octanol–water partition coefficient (Wildman–Crippen LogP) is 3.70. The molecular weight excluding hydrogens is 440 g/mol. The fourth-order valence-electron chi connectivity index (χ4n) is 3.09. The van der Waals surface area contributed by atoms with Crippen molar-refractivity contribution in [3.63, 3.8) is 0 Å². The number of hydrogen-bond acceptors (Lipinski definition) is 5. The molecule has 1 aliphatic heterocycles. The molecule has 0 unspecified atom stereocenters. The Bertz CT molecular complexity index is 1030. The Morgan fingerprint density at radius 3 is 2.48 bits per heavy atom. The van der Waals surface area contributed by atoms with Gasteiger partial charge in [-0.05, 0) is 57.8 Å². The van der Waals surface area contributed by atoms with Crippen LogP contribution in [0.15, 0.2) is 46.4 Å². The molecule has 4 amide bonds. The van der Waals surface area contributed by atoms with Gasteiger partial charge in [-0.25, -0.2) is 9.69 Å². The van der Waals surface area contributed by atoms with Crippen LogP contribution < -0.4 is 19.7 Å². The summed E-state index contributed by atoms with van der Waals surface area (Å²) < 4.78 is 11.2. The highest BCUT2D eigenvalue weighted by atomic mass is 79.9. The second kappa shape index (κ2) is 8.48. The Kier molecular flexibility index (Phi) is 6.03. The number of aryl methyl sites for hydroxylation is 1. The third-order valence-corrected chi connectivity index (χ3v) is 5.07. The van der Waals surface area contributed by atoms with Gasteiger partial charge in [0, 0.05) is 0 Å². The van der Waals surface area contributed by atoms with E-state index in [1.54, 1.807) is 24.3 Å². The van der Waals surface area contributed by atoms with Crippen molar-refractivity contribution in [1.29, 1.82) is 0 Å². The minimum atomic E-state index is -0.772. The van der Waals surface area contributed by atoms with Crippen molar-refractivity contribution in [3.05, 3.63) is 57.6 Å². The number of carbonyl (C=O) groups is 3. The molecule has 1 N–H and O–H groups in total. The summed E-state index contributed by atoms with van der Waals surface area (Å²) in [6.45, 7) is 1.92. The molecule has 0 atom stereocenters. The van der Waals surface area contributed by atoms with Gasteiger partial charge < -0.3 is 9.47 Å². The van der Waals surface area contributed by atoms with E-state index in [9.17, 15) is 14.4 Å². The van der Waals surface area contributed by atoms with E-state index in [-0.39, 0.29) is 5.57 Å². The second-order valence-electron chi connectivity index (χ2n) is 6.18. The van der Waals surface area contributed by atoms with E-state index < -0.39 is 17.8 Å².